The molecule has 0 saturated carbocycles. The molecule has 0 bridgehead atoms. The van der Waals surface area contributed by atoms with Crippen molar-refractivity contribution in [3.05, 3.63) is 35.4 Å². The number of hydrogen-bond acceptors (Lipinski definition) is 2. The summed E-state index contributed by atoms with van der Waals surface area (Å²) < 4.78 is 0. The SMILES string of the molecule is Cc1ccc(C2CCCCN2C(=O)CC2CCCN2)cc1. The van der Waals surface area contributed by atoms with Gasteiger partial charge in [0.1, 0.15) is 0 Å². The van der Waals surface area contributed by atoms with E-state index in [0.29, 0.717) is 18.4 Å². The van der Waals surface area contributed by atoms with E-state index in [2.05, 4.69) is 41.4 Å². The molecule has 0 aliphatic carbocycles. The standard InChI is InChI=1S/C18H26N2O/c1-14-7-9-15(10-8-14)17-6-2-3-12-20(17)18(21)13-16-5-4-11-19-16/h7-10,16-17,19H,2-6,11-13H2,1H3. The van der Waals surface area contributed by atoms with Crippen molar-refractivity contribution < 1.29 is 4.79 Å². The van der Waals surface area contributed by atoms with Crippen molar-refractivity contribution in [2.45, 2.75) is 57.5 Å². The molecule has 1 aromatic carbocycles. The lowest BCUT2D eigenvalue weighted by Gasteiger charge is -2.37. The Balaban J connectivity index is 1.71. The molecule has 0 aromatic heterocycles. The molecule has 21 heavy (non-hydrogen) atoms. The molecular weight excluding hydrogens is 260 g/mol. The van der Waals surface area contributed by atoms with Gasteiger partial charge >= 0.3 is 0 Å². The predicted octanol–water partition coefficient (Wildman–Crippen LogP) is 3.19. The van der Waals surface area contributed by atoms with Crippen LogP contribution in [0.15, 0.2) is 24.3 Å². The van der Waals surface area contributed by atoms with E-state index in [0.717, 1.165) is 32.4 Å². The third-order valence-electron chi connectivity index (χ3n) is 4.87. The van der Waals surface area contributed by atoms with Gasteiger partial charge in [0, 0.05) is 19.0 Å². The fourth-order valence-corrected chi connectivity index (χ4v) is 3.62. The number of aryl methyl sites for hydroxylation is 1. The van der Waals surface area contributed by atoms with Crippen molar-refractivity contribution in [2.24, 2.45) is 0 Å². The minimum Gasteiger partial charge on any atom is -0.336 e. The predicted molar refractivity (Wildman–Crippen MR) is 85.1 cm³/mol. The van der Waals surface area contributed by atoms with Crippen LogP contribution in [-0.4, -0.2) is 29.9 Å². The normalized spacial score (nSPS) is 26.0. The van der Waals surface area contributed by atoms with E-state index in [1.54, 1.807) is 0 Å². The smallest absolute Gasteiger partial charge is 0.224 e. The summed E-state index contributed by atoms with van der Waals surface area (Å²) in [4.78, 5) is 14.8. The van der Waals surface area contributed by atoms with Crippen LogP contribution in [0.5, 0.6) is 0 Å². The van der Waals surface area contributed by atoms with Crippen LogP contribution in [0.25, 0.3) is 0 Å². The van der Waals surface area contributed by atoms with Crippen molar-refractivity contribution in [3.63, 3.8) is 0 Å². The molecule has 2 aliphatic heterocycles. The molecule has 3 heteroatoms. The van der Waals surface area contributed by atoms with Crippen molar-refractivity contribution in [1.82, 2.24) is 10.2 Å². The molecule has 0 radical (unpaired) electrons. The maximum absolute atomic E-state index is 12.7. The highest BCUT2D eigenvalue weighted by Gasteiger charge is 2.29. The van der Waals surface area contributed by atoms with Gasteiger partial charge in [-0.1, -0.05) is 29.8 Å². The van der Waals surface area contributed by atoms with Crippen LogP contribution in [-0.2, 0) is 4.79 Å². The van der Waals surface area contributed by atoms with E-state index in [1.807, 2.05) is 0 Å². The minimum atomic E-state index is 0.285. The van der Waals surface area contributed by atoms with Crippen molar-refractivity contribution in [3.8, 4) is 0 Å². The molecule has 3 rings (SSSR count). The average molecular weight is 286 g/mol. The number of amides is 1. The Morgan fingerprint density at radius 3 is 2.71 bits per heavy atom. The fourth-order valence-electron chi connectivity index (χ4n) is 3.62. The second kappa shape index (κ2) is 6.61. The van der Waals surface area contributed by atoms with Crippen molar-refractivity contribution >= 4 is 5.91 Å². The number of benzene rings is 1. The number of hydrogen-bond donors (Lipinski definition) is 1. The second-order valence-corrected chi connectivity index (χ2v) is 6.51. The lowest BCUT2D eigenvalue weighted by Crippen LogP contribution is -2.41. The topological polar surface area (TPSA) is 32.3 Å². The first-order chi connectivity index (χ1) is 10.2. The summed E-state index contributed by atoms with van der Waals surface area (Å²) in [5, 5.41) is 3.44. The zero-order chi connectivity index (χ0) is 14.7. The fraction of sp³-hybridized carbons (Fsp3) is 0.611. The zero-order valence-electron chi connectivity index (χ0n) is 13.0. The molecule has 1 N–H and O–H groups in total. The van der Waals surface area contributed by atoms with Crippen LogP contribution >= 0.6 is 0 Å². The molecule has 114 valence electrons. The Morgan fingerprint density at radius 1 is 1.19 bits per heavy atom. The van der Waals surface area contributed by atoms with E-state index >= 15 is 0 Å². The van der Waals surface area contributed by atoms with Gasteiger partial charge in [0.15, 0.2) is 0 Å². The van der Waals surface area contributed by atoms with Crippen LogP contribution < -0.4 is 5.32 Å². The lowest BCUT2D eigenvalue weighted by atomic mass is 9.94. The molecule has 2 fully saturated rings. The first-order valence-electron chi connectivity index (χ1n) is 8.33. The molecular formula is C18H26N2O. The summed E-state index contributed by atoms with van der Waals surface area (Å²) in [6, 6.07) is 9.39. The Hall–Kier alpha value is -1.35. The van der Waals surface area contributed by atoms with Gasteiger partial charge in [-0.15, -0.1) is 0 Å². The first-order valence-corrected chi connectivity index (χ1v) is 8.33. The van der Waals surface area contributed by atoms with Gasteiger partial charge in [0.25, 0.3) is 0 Å². The maximum Gasteiger partial charge on any atom is 0.224 e. The van der Waals surface area contributed by atoms with E-state index in [1.165, 1.54) is 24.0 Å². The van der Waals surface area contributed by atoms with Gasteiger partial charge in [0.2, 0.25) is 5.91 Å². The summed E-state index contributed by atoms with van der Waals surface area (Å²) in [5.41, 5.74) is 2.58. The molecule has 2 atom stereocenters. The Kier molecular flexibility index (Phi) is 4.59. The molecule has 1 aromatic rings. The molecule has 2 aliphatic rings. The van der Waals surface area contributed by atoms with Gasteiger partial charge in [0.05, 0.1) is 6.04 Å². The van der Waals surface area contributed by atoms with Gasteiger partial charge in [-0.05, 0) is 51.1 Å². The summed E-state index contributed by atoms with van der Waals surface area (Å²) in [6.45, 7) is 4.10. The average Bonchev–Trinajstić information content (AvgIpc) is 3.01. The molecule has 0 spiro atoms. The highest BCUT2D eigenvalue weighted by molar-refractivity contribution is 5.77. The third kappa shape index (κ3) is 3.46. The number of likely N-dealkylation sites (tertiary alicyclic amines) is 1. The number of carbonyl (C=O) groups is 1. The zero-order valence-corrected chi connectivity index (χ0v) is 13.0. The number of nitrogens with zero attached hydrogens (tertiary/aromatic N) is 1. The molecule has 2 unspecified atom stereocenters. The first kappa shape index (κ1) is 14.6. The Labute approximate surface area is 127 Å². The van der Waals surface area contributed by atoms with Crippen molar-refractivity contribution in [1.29, 1.82) is 0 Å². The number of carbonyl (C=O) groups excluding carboxylic acids is 1. The van der Waals surface area contributed by atoms with E-state index < -0.39 is 0 Å². The molecule has 2 saturated heterocycles. The highest BCUT2D eigenvalue weighted by atomic mass is 16.2. The Bertz CT molecular complexity index is 476. The molecule has 2 heterocycles. The van der Waals surface area contributed by atoms with Gasteiger partial charge in [-0.3, -0.25) is 4.79 Å². The summed E-state index contributed by atoms with van der Waals surface area (Å²) >= 11 is 0. The third-order valence-corrected chi connectivity index (χ3v) is 4.87. The van der Waals surface area contributed by atoms with E-state index in [-0.39, 0.29) is 6.04 Å². The van der Waals surface area contributed by atoms with Crippen LogP contribution in [0.3, 0.4) is 0 Å². The summed E-state index contributed by atoms with van der Waals surface area (Å²) in [5.74, 6) is 0.333. The molecule has 3 nitrogen and oxygen atoms in total. The minimum absolute atomic E-state index is 0.285. The van der Waals surface area contributed by atoms with Crippen LogP contribution in [0, 0.1) is 6.92 Å². The number of nitrogens with one attached hydrogen (secondary N) is 1. The summed E-state index contributed by atoms with van der Waals surface area (Å²) in [7, 11) is 0. The van der Waals surface area contributed by atoms with Gasteiger partial charge in [-0.25, -0.2) is 0 Å². The van der Waals surface area contributed by atoms with Crippen LogP contribution in [0.4, 0.5) is 0 Å². The van der Waals surface area contributed by atoms with Gasteiger partial charge in [-0.2, -0.15) is 0 Å². The lowest BCUT2D eigenvalue weighted by molar-refractivity contribution is -0.135. The Morgan fingerprint density at radius 2 is 2.00 bits per heavy atom. The largest absolute Gasteiger partial charge is 0.336 e. The van der Waals surface area contributed by atoms with Crippen molar-refractivity contribution in [2.75, 3.05) is 13.1 Å². The summed E-state index contributed by atoms with van der Waals surface area (Å²) in [6.07, 6.45) is 6.50. The molecule has 1 amide bonds. The van der Waals surface area contributed by atoms with Crippen LogP contribution in [0.2, 0.25) is 0 Å². The van der Waals surface area contributed by atoms with E-state index in [4.69, 9.17) is 0 Å². The quantitative estimate of drug-likeness (QED) is 0.925. The van der Waals surface area contributed by atoms with Gasteiger partial charge < -0.3 is 10.2 Å². The highest BCUT2D eigenvalue weighted by Crippen LogP contribution is 2.32. The monoisotopic (exact) mass is 286 g/mol. The van der Waals surface area contributed by atoms with Crippen LogP contribution in [0.1, 0.15) is 55.7 Å². The van der Waals surface area contributed by atoms with E-state index in [9.17, 15) is 4.79 Å². The number of rotatable bonds is 3. The number of piperidine rings is 1. The second-order valence-electron chi connectivity index (χ2n) is 6.51. The maximum atomic E-state index is 12.7.